The highest BCUT2D eigenvalue weighted by atomic mass is 19.4. The smallest absolute Gasteiger partial charge is 0.269 e. The fourth-order valence-electron chi connectivity index (χ4n) is 1.06. The molecule has 13 heavy (non-hydrogen) atoms. The summed E-state index contributed by atoms with van der Waals surface area (Å²) < 4.78 is 36.2. The first kappa shape index (κ1) is 9.94. The van der Waals surface area contributed by atoms with E-state index in [1.54, 1.807) is 0 Å². The highest BCUT2D eigenvalue weighted by Gasteiger charge is 2.50. The van der Waals surface area contributed by atoms with Gasteiger partial charge in [0.15, 0.2) is 0 Å². The molecule has 1 atom stereocenters. The van der Waals surface area contributed by atoms with Crippen LogP contribution in [0.25, 0.3) is 0 Å². The molecule has 1 aliphatic rings. The Hall–Kier alpha value is -1.14. The predicted octanol–water partition coefficient (Wildman–Crippen LogP) is 0.721. The van der Waals surface area contributed by atoms with E-state index in [9.17, 15) is 22.9 Å². The molecule has 0 saturated carbocycles. The van der Waals surface area contributed by atoms with Gasteiger partial charge >= 0.3 is 6.18 Å². The minimum atomic E-state index is -4.47. The number of nitrogens with zero attached hydrogens (tertiary/aromatic N) is 2. The molecule has 0 bridgehead atoms. The summed E-state index contributed by atoms with van der Waals surface area (Å²) in [7, 11) is 1.15. The number of hydrazine groups is 1. The van der Waals surface area contributed by atoms with Crippen molar-refractivity contribution in [2.45, 2.75) is 12.6 Å². The molecule has 0 aromatic carbocycles. The molecule has 1 saturated heterocycles. The van der Waals surface area contributed by atoms with E-state index in [-0.39, 0.29) is 4.87 Å². The van der Waals surface area contributed by atoms with Crippen molar-refractivity contribution in [2.24, 2.45) is 5.92 Å². The maximum absolute atomic E-state index is 12.1. The summed E-state index contributed by atoms with van der Waals surface area (Å²) in [6.07, 6.45) is -5.11. The molecule has 0 aromatic rings. The molecule has 0 N–H and O–H groups in total. The van der Waals surface area contributed by atoms with E-state index >= 15 is 0 Å². The average molecular weight is 197 g/mol. The van der Waals surface area contributed by atoms with Crippen molar-refractivity contribution >= 4 is 5.91 Å². The minimum absolute atomic E-state index is 0.0317. The molecular formula is C6H8F3N2O2+. The summed E-state index contributed by atoms with van der Waals surface area (Å²) in [6, 6.07) is 0. The second-order valence-electron chi connectivity index (χ2n) is 2.89. The summed E-state index contributed by atoms with van der Waals surface area (Å²) in [5.74, 6) is -2.64. The van der Waals surface area contributed by atoms with Crippen molar-refractivity contribution in [3.8, 4) is 0 Å². The third-order valence-corrected chi connectivity index (χ3v) is 1.96. The number of nitroso groups, excluding NO2 is 1. The number of carbonyl (C=O) groups excluding carboxylic acids is 1. The van der Waals surface area contributed by atoms with Crippen LogP contribution in [-0.2, 0) is 4.79 Å². The minimum Gasteiger partial charge on any atom is -0.269 e. The Morgan fingerprint density at radius 2 is 2.08 bits per heavy atom. The summed E-state index contributed by atoms with van der Waals surface area (Å²) in [5.41, 5.74) is 0. The van der Waals surface area contributed by atoms with Gasteiger partial charge in [-0.3, -0.25) is 4.79 Å². The Morgan fingerprint density at radius 3 is 2.46 bits per heavy atom. The number of hydrogen-bond donors (Lipinski definition) is 0. The number of rotatable bonds is 0. The van der Waals surface area contributed by atoms with Crippen LogP contribution in [0.2, 0.25) is 0 Å². The first-order valence-electron chi connectivity index (χ1n) is 3.60. The van der Waals surface area contributed by atoms with E-state index in [4.69, 9.17) is 0 Å². The lowest BCUT2D eigenvalue weighted by Gasteiger charge is -2.21. The Labute approximate surface area is 71.9 Å². The first-order valence-corrected chi connectivity index (χ1v) is 3.60. The van der Waals surface area contributed by atoms with Crippen LogP contribution in [0.15, 0.2) is 0 Å². The summed E-state index contributed by atoms with van der Waals surface area (Å²) >= 11 is 0. The molecule has 1 heterocycles. The molecule has 1 rings (SSSR count). The summed E-state index contributed by atoms with van der Waals surface area (Å²) in [5, 5.41) is 0.655. The normalized spacial score (nSPS) is 25.2. The fourth-order valence-corrected chi connectivity index (χ4v) is 1.06. The van der Waals surface area contributed by atoms with Crippen LogP contribution in [0, 0.1) is 10.8 Å². The van der Waals surface area contributed by atoms with E-state index in [1.165, 1.54) is 0 Å². The van der Waals surface area contributed by atoms with Gasteiger partial charge in [0.2, 0.25) is 6.54 Å². The Bertz CT molecular complexity index is 233. The Morgan fingerprint density at radius 1 is 1.54 bits per heavy atom. The third-order valence-electron chi connectivity index (χ3n) is 1.96. The standard InChI is InChI=1S/C6H8F3N2O2/c1-10-5(12)2-4(3-11(10)13)6(7,8)9/h4H,2-3H2,1H3/q+1. The lowest BCUT2D eigenvalue weighted by Crippen LogP contribution is -2.48. The zero-order valence-electron chi connectivity index (χ0n) is 6.84. The van der Waals surface area contributed by atoms with Crippen LogP contribution in [0.4, 0.5) is 13.2 Å². The van der Waals surface area contributed by atoms with E-state index < -0.39 is 31.0 Å². The SMILES string of the molecule is CN1C(=O)CC(C(F)(F)F)C[N+]1=O. The summed E-state index contributed by atoms with van der Waals surface area (Å²) in [4.78, 5) is 21.7. The van der Waals surface area contributed by atoms with Crippen LogP contribution in [0.3, 0.4) is 0 Å². The third kappa shape index (κ3) is 1.96. The van der Waals surface area contributed by atoms with Crippen molar-refractivity contribution in [2.75, 3.05) is 13.6 Å². The summed E-state index contributed by atoms with van der Waals surface area (Å²) in [6.45, 7) is -0.703. The molecule has 1 amide bonds. The van der Waals surface area contributed by atoms with Gasteiger partial charge in [-0.05, 0) is 0 Å². The molecule has 0 radical (unpaired) electrons. The second-order valence-corrected chi connectivity index (χ2v) is 2.89. The van der Waals surface area contributed by atoms with Crippen LogP contribution >= 0.6 is 0 Å². The quantitative estimate of drug-likeness (QED) is 0.537. The van der Waals surface area contributed by atoms with E-state index in [2.05, 4.69) is 0 Å². The predicted molar refractivity (Wildman–Crippen MR) is 35.4 cm³/mol. The Balaban J connectivity index is 2.75. The molecule has 0 aliphatic carbocycles. The van der Waals surface area contributed by atoms with Gasteiger partial charge in [-0.1, -0.05) is 5.01 Å². The average Bonchev–Trinajstić information content (AvgIpc) is 1.97. The monoisotopic (exact) mass is 197 g/mol. The highest BCUT2D eigenvalue weighted by Crippen LogP contribution is 2.31. The number of hydrogen-bond acceptors (Lipinski definition) is 2. The second kappa shape index (κ2) is 2.97. The Kier molecular flexibility index (Phi) is 2.27. The van der Waals surface area contributed by atoms with Crippen LogP contribution in [0.1, 0.15) is 6.42 Å². The molecule has 1 aliphatic heterocycles. The van der Waals surface area contributed by atoms with Gasteiger partial charge in [-0.15, -0.1) is 0 Å². The van der Waals surface area contributed by atoms with Crippen LogP contribution < -0.4 is 0 Å². The van der Waals surface area contributed by atoms with Gasteiger partial charge in [0.1, 0.15) is 10.8 Å². The molecule has 1 unspecified atom stereocenters. The van der Waals surface area contributed by atoms with Crippen LogP contribution in [-0.4, -0.2) is 35.6 Å². The number of alkyl halides is 3. The van der Waals surface area contributed by atoms with E-state index in [0.717, 1.165) is 7.05 Å². The molecular weight excluding hydrogens is 189 g/mol. The molecule has 0 aromatic heterocycles. The van der Waals surface area contributed by atoms with Gasteiger partial charge < -0.3 is 0 Å². The van der Waals surface area contributed by atoms with Gasteiger partial charge in [0.25, 0.3) is 5.91 Å². The fraction of sp³-hybridized carbons (Fsp3) is 0.833. The van der Waals surface area contributed by atoms with Crippen LogP contribution in [0.5, 0.6) is 0 Å². The number of carbonyl (C=O) groups is 1. The van der Waals surface area contributed by atoms with Gasteiger partial charge in [0.05, 0.1) is 18.4 Å². The molecule has 1 fully saturated rings. The van der Waals surface area contributed by atoms with Crippen molar-refractivity contribution in [1.82, 2.24) is 5.01 Å². The zero-order chi connectivity index (χ0) is 10.2. The van der Waals surface area contributed by atoms with Crippen molar-refractivity contribution in [1.29, 1.82) is 0 Å². The van der Waals surface area contributed by atoms with Gasteiger partial charge in [-0.25, -0.2) is 0 Å². The maximum atomic E-state index is 12.1. The maximum Gasteiger partial charge on any atom is 0.398 e. The molecule has 4 nitrogen and oxygen atoms in total. The first-order chi connectivity index (χ1) is 5.82. The topological polar surface area (TPSA) is 40.4 Å². The highest BCUT2D eigenvalue weighted by molar-refractivity contribution is 5.75. The lowest BCUT2D eigenvalue weighted by molar-refractivity contribution is -0.697. The molecule has 0 spiro atoms. The van der Waals surface area contributed by atoms with Crippen molar-refractivity contribution in [3.05, 3.63) is 4.91 Å². The zero-order valence-corrected chi connectivity index (χ0v) is 6.84. The van der Waals surface area contributed by atoms with Crippen molar-refractivity contribution in [3.63, 3.8) is 0 Å². The lowest BCUT2D eigenvalue weighted by atomic mass is 10.0. The van der Waals surface area contributed by atoms with Gasteiger partial charge in [0, 0.05) is 0 Å². The number of halogens is 3. The van der Waals surface area contributed by atoms with E-state index in [0.29, 0.717) is 5.01 Å². The van der Waals surface area contributed by atoms with Crippen molar-refractivity contribution < 1.29 is 22.8 Å². The largest absolute Gasteiger partial charge is 0.398 e. The van der Waals surface area contributed by atoms with Gasteiger partial charge in [-0.2, -0.15) is 13.2 Å². The van der Waals surface area contributed by atoms with E-state index in [1.807, 2.05) is 0 Å². The molecule has 7 heteroatoms. The number of amides is 1. The molecule has 74 valence electrons.